The number of rotatable bonds is 5. The van der Waals surface area contributed by atoms with Gasteiger partial charge in [0.25, 0.3) is 5.56 Å². The lowest BCUT2D eigenvalue weighted by Gasteiger charge is -2.11. The quantitative estimate of drug-likeness (QED) is 0.498. The molecule has 30 heavy (non-hydrogen) atoms. The summed E-state index contributed by atoms with van der Waals surface area (Å²) < 4.78 is 17.2. The fourth-order valence-corrected chi connectivity index (χ4v) is 3.93. The molecular formula is C21H25N5O4. The third-order valence-corrected chi connectivity index (χ3v) is 5.82. The number of ether oxygens (including phenoxy) is 2. The van der Waals surface area contributed by atoms with E-state index in [0.29, 0.717) is 35.0 Å². The van der Waals surface area contributed by atoms with Crippen LogP contribution in [0.2, 0.25) is 0 Å². The Kier molecular flexibility index (Phi) is 4.68. The molecule has 3 heterocycles. The maximum atomic E-state index is 12.8. The highest BCUT2D eigenvalue weighted by Gasteiger charge is 2.21. The van der Waals surface area contributed by atoms with E-state index in [1.807, 2.05) is 36.4 Å². The van der Waals surface area contributed by atoms with E-state index in [1.54, 1.807) is 21.3 Å². The highest BCUT2D eigenvalue weighted by atomic mass is 16.5. The molecule has 9 nitrogen and oxygen atoms in total. The largest absolute Gasteiger partial charge is 0.493 e. The van der Waals surface area contributed by atoms with Crippen molar-refractivity contribution >= 4 is 16.9 Å². The molecule has 0 radical (unpaired) electrons. The van der Waals surface area contributed by atoms with E-state index in [9.17, 15) is 9.59 Å². The smallest absolute Gasteiger partial charge is 0.332 e. The Morgan fingerprint density at radius 1 is 0.967 bits per heavy atom. The molecule has 3 aromatic heterocycles. The van der Waals surface area contributed by atoms with Gasteiger partial charge in [0.1, 0.15) is 0 Å². The lowest BCUT2D eigenvalue weighted by atomic mass is 10.1. The van der Waals surface area contributed by atoms with E-state index in [-0.39, 0.29) is 11.2 Å². The Hall–Kier alpha value is -3.49. The molecule has 0 N–H and O–H groups in total. The summed E-state index contributed by atoms with van der Waals surface area (Å²) in [6.45, 7) is 4.63. The van der Waals surface area contributed by atoms with E-state index in [0.717, 1.165) is 27.9 Å². The predicted molar refractivity (Wildman–Crippen MR) is 114 cm³/mol. The Bertz CT molecular complexity index is 1400. The topological polar surface area (TPSA) is 84.7 Å². The average Bonchev–Trinajstić information content (AvgIpc) is 3.25. The maximum Gasteiger partial charge on any atom is 0.332 e. The van der Waals surface area contributed by atoms with Crippen molar-refractivity contribution in [2.24, 2.45) is 14.1 Å². The van der Waals surface area contributed by atoms with Gasteiger partial charge in [-0.3, -0.25) is 18.3 Å². The molecule has 0 amide bonds. The van der Waals surface area contributed by atoms with Crippen LogP contribution in [0.15, 0.2) is 27.8 Å². The molecular weight excluding hydrogens is 386 g/mol. The highest BCUT2D eigenvalue weighted by Crippen LogP contribution is 2.28. The minimum Gasteiger partial charge on any atom is -0.493 e. The zero-order valence-corrected chi connectivity index (χ0v) is 18.0. The Morgan fingerprint density at radius 2 is 1.67 bits per heavy atom. The summed E-state index contributed by atoms with van der Waals surface area (Å²) in [5, 5.41) is 0. The second-order valence-corrected chi connectivity index (χ2v) is 7.39. The number of hydrogen-bond donors (Lipinski definition) is 0. The molecule has 0 unspecified atom stereocenters. The molecule has 0 aliphatic rings. The normalized spacial score (nSPS) is 11.5. The van der Waals surface area contributed by atoms with E-state index < -0.39 is 0 Å². The maximum absolute atomic E-state index is 12.8. The van der Waals surface area contributed by atoms with Crippen LogP contribution in [0.5, 0.6) is 11.5 Å². The SMILES string of the molecule is COc1ccc(CCn2c(C)c(C)n3c4c(=O)n(C)c(=O)n(C)c4nc23)cc1OC. The van der Waals surface area contributed by atoms with Crippen LogP contribution in [0, 0.1) is 13.8 Å². The van der Waals surface area contributed by atoms with Crippen LogP contribution in [0.4, 0.5) is 0 Å². The first-order valence-corrected chi connectivity index (χ1v) is 9.64. The fourth-order valence-electron chi connectivity index (χ4n) is 3.93. The molecule has 0 saturated carbocycles. The van der Waals surface area contributed by atoms with Crippen LogP contribution >= 0.6 is 0 Å². The van der Waals surface area contributed by atoms with Crippen LogP contribution in [0.3, 0.4) is 0 Å². The van der Waals surface area contributed by atoms with Crippen molar-refractivity contribution < 1.29 is 9.47 Å². The molecule has 0 aliphatic carbocycles. The fraction of sp³-hybridized carbons (Fsp3) is 0.381. The van der Waals surface area contributed by atoms with Crippen molar-refractivity contribution in [3.05, 3.63) is 56.0 Å². The molecule has 4 rings (SSSR count). The standard InChI is InChI=1S/C21H25N5O4/c1-12-13(2)26-17-18(23(3)21(28)24(4)19(17)27)22-20(26)25(12)10-9-14-7-8-15(29-5)16(11-14)30-6/h7-8,11H,9-10H2,1-6H3. The van der Waals surface area contributed by atoms with Gasteiger partial charge in [0.05, 0.1) is 14.2 Å². The number of methoxy groups -OCH3 is 2. The minimum atomic E-state index is -0.389. The van der Waals surface area contributed by atoms with Crippen molar-refractivity contribution in [1.29, 1.82) is 0 Å². The van der Waals surface area contributed by atoms with E-state index in [2.05, 4.69) is 9.55 Å². The molecule has 4 aromatic rings. The first-order valence-electron chi connectivity index (χ1n) is 9.64. The molecule has 0 atom stereocenters. The number of aromatic nitrogens is 5. The molecule has 9 heteroatoms. The average molecular weight is 411 g/mol. The summed E-state index contributed by atoms with van der Waals surface area (Å²) in [6, 6.07) is 5.86. The predicted octanol–water partition coefficient (Wildman–Crippen LogP) is 1.56. The lowest BCUT2D eigenvalue weighted by molar-refractivity contribution is 0.354. The number of hydrogen-bond acceptors (Lipinski definition) is 5. The van der Waals surface area contributed by atoms with Gasteiger partial charge in [-0.15, -0.1) is 0 Å². The van der Waals surface area contributed by atoms with Gasteiger partial charge in [-0.05, 0) is 38.0 Å². The van der Waals surface area contributed by atoms with Crippen molar-refractivity contribution in [2.45, 2.75) is 26.8 Å². The van der Waals surface area contributed by atoms with Gasteiger partial charge in [-0.25, -0.2) is 4.79 Å². The summed E-state index contributed by atoms with van der Waals surface area (Å²) in [5.41, 5.74) is 3.11. The lowest BCUT2D eigenvalue weighted by Crippen LogP contribution is -2.37. The summed E-state index contributed by atoms with van der Waals surface area (Å²) in [4.78, 5) is 29.8. The number of imidazole rings is 2. The Labute approximate surface area is 172 Å². The number of nitrogens with zero attached hydrogens (tertiary/aromatic N) is 5. The van der Waals surface area contributed by atoms with Gasteiger partial charge >= 0.3 is 5.69 Å². The summed E-state index contributed by atoms with van der Waals surface area (Å²) in [5.74, 6) is 2.03. The first-order chi connectivity index (χ1) is 14.3. The summed E-state index contributed by atoms with van der Waals surface area (Å²) in [7, 11) is 6.35. The van der Waals surface area contributed by atoms with Crippen molar-refractivity contribution in [3.63, 3.8) is 0 Å². The molecule has 0 fully saturated rings. The van der Waals surface area contributed by atoms with E-state index >= 15 is 0 Å². The molecule has 158 valence electrons. The van der Waals surface area contributed by atoms with Gasteiger partial charge in [0, 0.05) is 32.0 Å². The monoisotopic (exact) mass is 411 g/mol. The Morgan fingerprint density at radius 3 is 2.33 bits per heavy atom. The van der Waals surface area contributed by atoms with E-state index in [4.69, 9.17) is 9.47 Å². The zero-order chi connectivity index (χ0) is 21.7. The number of benzene rings is 1. The minimum absolute atomic E-state index is 0.347. The van der Waals surface area contributed by atoms with Gasteiger partial charge in [-0.1, -0.05) is 6.07 Å². The Balaban J connectivity index is 1.83. The van der Waals surface area contributed by atoms with Crippen molar-refractivity contribution in [1.82, 2.24) is 23.1 Å². The molecule has 0 spiro atoms. The number of aryl methyl sites for hydroxylation is 4. The second kappa shape index (κ2) is 7.08. The summed E-state index contributed by atoms with van der Waals surface area (Å²) in [6.07, 6.45) is 0.741. The van der Waals surface area contributed by atoms with Crippen LogP contribution in [-0.4, -0.2) is 37.3 Å². The van der Waals surface area contributed by atoms with Crippen molar-refractivity contribution in [2.75, 3.05) is 14.2 Å². The van der Waals surface area contributed by atoms with Gasteiger partial charge in [-0.2, -0.15) is 4.98 Å². The molecule has 1 aromatic carbocycles. The second-order valence-electron chi connectivity index (χ2n) is 7.39. The van der Waals surface area contributed by atoms with Crippen LogP contribution in [0.25, 0.3) is 16.9 Å². The number of fused-ring (bicyclic) bond motifs is 3. The van der Waals surface area contributed by atoms with E-state index in [1.165, 1.54) is 11.6 Å². The van der Waals surface area contributed by atoms with Crippen molar-refractivity contribution in [3.8, 4) is 11.5 Å². The molecule has 0 aliphatic heterocycles. The zero-order valence-electron chi connectivity index (χ0n) is 18.0. The van der Waals surface area contributed by atoms with Gasteiger partial charge < -0.3 is 14.0 Å². The first kappa shape index (κ1) is 19.8. The third-order valence-electron chi connectivity index (χ3n) is 5.82. The van der Waals surface area contributed by atoms with Gasteiger partial charge in [0.2, 0.25) is 5.78 Å². The third kappa shape index (κ3) is 2.72. The molecule has 0 saturated heterocycles. The van der Waals surface area contributed by atoms with Gasteiger partial charge in [0.15, 0.2) is 22.7 Å². The highest BCUT2D eigenvalue weighted by molar-refractivity contribution is 5.76. The summed E-state index contributed by atoms with van der Waals surface area (Å²) >= 11 is 0. The molecule has 0 bridgehead atoms. The van der Waals surface area contributed by atoms with Crippen LogP contribution in [0.1, 0.15) is 17.0 Å². The van der Waals surface area contributed by atoms with Crippen LogP contribution < -0.4 is 20.7 Å². The van der Waals surface area contributed by atoms with Crippen LogP contribution in [-0.2, 0) is 27.1 Å².